The summed E-state index contributed by atoms with van der Waals surface area (Å²) in [6.45, 7) is 0.339. The molecule has 1 aliphatic carbocycles. The molecule has 3 amide bonds. The van der Waals surface area contributed by atoms with E-state index in [0.717, 1.165) is 36.8 Å². The third-order valence-corrected chi connectivity index (χ3v) is 8.10. The lowest BCUT2D eigenvalue weighted by Crippen LogP contribution is -2.42. The molecule has 1 atom stereocenters. The third-order valence-electron chi connectivity index (χ3n) is 7.16. The highest BCUT2D eigenvalue weighted by atomic mass is 32.2. The molecular formula is C29H33N5O4S. The van der Waals surface area contributed by atoms with Gasteiger partial charge >= 0.3 is 0 Å². The SMILES string of the molecule is COc1ccccc1CNC(=O)CC[C@H]1N=C2c3ccccc3N=C(SCC(=O)NC3CCCCC3)N2C1=O. The van der Waals surface area contributed by atoms with Crippen LogP contribution in [0.15, 0.2) is 58.5 Å². The molecule has 10 heteroatoms. The van der Waals surface area contributed by atoms with E-state index in [9.17, 15) is 14.4 Å². The zero-order chi connectivity index (χ0) is 27.2. The molecule has 39 heavy (non-hydrogen) atoms. The fourth-order valence-corrected chi connectivity index (χ4v) is 5.94. The molecule has 0 unspecified atom stereocenters. The molecule has 1 fully saturated rings. The van der Waals surface area contributed by atoms with Crippen LogP contribution in [0.25, 0.3) is 0 Å². The topological polar surface area (TPSA) is 112 Å². The second kappa shape index (κ2) is 12.5. The quantitative estimate of drug-likeness (QED) is 0.494. The summed E-state index contributed by atoms with van der Waals surface area (Å²) in [4.78, 5) is 49.6. The number of fused-ring (bicyclic) bond motifs is 3. The lowest BCUT2D eigenvalue weighted by Gasteiger charge is -2.26. The van der Waals surface area contributed by atoms with Crippen LogP contribution in [-0.2, 0) is 20.9 Å². The van der Waals surface area contributed by atoms with Gasteiger partial charge in [-0.25, -0.2) is 9.89 Å². The molecule has 2 aliphatic heterocycles. The number of rotatable bonds is 9. The number of methoxy groups -OCH3 is 1. The van der Waals surface area contributed by atoms with Gasteiger partial charge in [-0.1, -0.05) is 61.4 Å². The summed E-state index contributed by atoms with van der Waals surface area (Å²) in [6, 6.07) is 14.6. The van der Waals surface area contributed by atoms with Gasteiger partial charge in [0.15, 0.2) is 5.17 Å². The Balaban J connectivity index is 1.21. The number of para-hydroxylation sites is 2. The number of nitrogens with zero attached hydrogens (tertiary/aromatic N) is 3. The van der Waals surface area contributed by atoms with Crippen LogP contribution in [0.5, 0.6) is 5.75 Å². The van der Waals surface area contributed by atoms with Crippen LogP contribution in [0, 0.1) is 0 Å². The molecule has 5 rings (SSSR count). The van der Waals surface area contributed by atoms with Crippen molar-refractivity contribution in [2.24, 2.45) is 9.98 Å². The highest BCUT2D eigenvalue weighted by Gasteiger charge is 2.41. The summed E-state index contributed by atoms with van der Waals surface area (Å²) in [5.41, 5.74) is 2.36. The number of amidine groups is 2. The molecule has 0 aromatic heterocycles. The maximum Gasteiger partial charge on any atom is 0.259 e. The minimum Gasteiger partial charge on any atom is -0.496 e. The maximum absolute atomic E-state index is 13.5. The number of carbonyl (C=O) groups excluding carboxylic acids is 3. The first-order valence-corrected chi connectivity index (χ1v) is 14.4. The van der Waals surface area contributed by atoms with Crippen molar-refractivity contribution < 1.29 is 19.1 Å². The number of nitrogens with one attached hydrogen (secondary N) is 2. The van der Waals surface area contributed by atoms with Gasteiger partial charge in [-0.2, -0.15) is 0 Å². The van der Waals surface area contributed by atoms with Crippen LogP contribution in [0.2, 0.25) is 0 Å². The maximum atomic E-state index is 13.5. The number of carbonyl (C=O) groups is 3. The zero-order valence-corrected chi connectivity index (χ0v) is 22.8. The minimum atomic E-state index is -0.690. The molecule has 2 heterocycles. The van der Waals surface area contributed by atoms with Gasteiger partial charge in [0, 0.05) is 30.1 Å². The third kappa shape index (κ3) is 6.33. The minimum absolute atomic E-state index is 0.0538. The van der Waals surface area contributed by atoms with E-state index < -0.39 is 6.04 Å². The second-order valence-corrected chi connectivity index (χ2v) is 10.8. The predicted molar refractivity (Wildman–Crippen MR) is 152 cm³/mol. The fraction of sp³-hybridized carbons (Fsp3) is 0.414. The van der Waals surface area contributed by atoms with Gasteiger partial charge in [0.05, 0.1) is 18.6 Å². The highest BCUT2D eigenvalue weighted by molar-refractivity contribution is 8.14. The Morgan fingerprint density at radius 1 is 1.05 bits per heavy atom. The van der Waals surface area contributed by atoms with E-state index in [4.69, 9.17) is 14.7 Å². The number of aliphatic imine (C=N–C) groups is 2. The number of ether oxygens (including phenoxy) is 1. The lowest BCUT2D eigenvalue weighted by molar-refractivity contribution is -0.125. The van der Waals surface area contributed by atoms with Crippen LogP contribution in [-0.4, -0.2) is 58.6 Å². The predicted octanol–water partition coefficient (Wildman–Crippen LogP) is 3.93. The first-order valence-electron chi connectivity index (χ1n) is 13.4. The van der Waals surface area contributed by atoms with Crippen molar-refractivity contribution in [2.75, 3.05) is 12.9 Å². The Labute approximate surface area is 232 Å². The van der Waals surface area contributed by atoms with Gasteiger partial charge in [-0.15, -0.1) is 0 Å². The van der Waals surface area contributed by atoms with Crippen molar-refractivity contribution in [1.82, 2.24) is 15.5 Å². The average Bonchev–Trinajstić information content (AvgIpc) is 3.30. The Morgan fingerprint density at radius 3 is 2.64 bits per heavy atom. The normalized spacial score (nSPS) is 18.5. The van der Waals surface area contributed by atoms with Crippen molar-refractivity contribution in [3.63, 3.8) is 0 Å². The van der Waals surface area contributed by atoms with Crippen LogP contribution in [0.3, 0.4) is 0 Å². The first-order chi connectivity index (χ1) is 19.0. The largest absolute Gasteiger partial charge is 0.496 e. The molecule has 204 valence electrons. The Morgan fingerprint density at radius 2 is 1.82 bits per heavy atom. The zero-order valence-electron chi connectivity index (χ0n) is 22.0. The molecule has 0 saturated heterocycles. The van der Waals surface area contributed by atoms with Crippen molar-refractivity contribution in [1.29, 1.82) is 0 Å². The number of hydrogen-bond donors (Lipinski definition) is 2. The van der Waals surface area contributed by atoms with Gasteiger partial charge in [0.2, 0.25) is 11.8 Å². The summed E-state index contributed by atoms with van der Waals surface area (Å²) < 4.78 is 5.34. The molecule has 0 radical (unpaired) electrons. The summed E-state index contributed by atoms with van der Waals surface area (Å²) >= 11 is 1.24. The van der Waals surface area contributed by atoms with Gasteiger partial charge in [-0.05, 0) is 37.5 Å². The molecule has 0 bridgehead atoms. The van der Waals surface area contributed by atoms with Crippen molar-refractivity contribution in [3.8, 4) is 5.75 Å². The number of hydrogen-bond acceptors (Lipinski definition) is 7. The molecule has 0 spiro atoms. The molecule has 2 aromatic carbocycles. The molecule has 2 N–H and O–H groups in total. The van der Waals surface area contributed by atoms with E-state index in [1.807, 2.05) is 48.5 Å². The Hall–Kier alpha value is -3.66. The summed E-state index contributed by atoms with van der Waals surface area (Å²) in [6.07, 6.45) is 5.97. The Bertz CT molecular complexity index is 1300. The summed E-state index contributed by atoms with van der Waals surface area (Å²) in [5, 5.41) is 6.47. The molecule has 9 nitrogen and oxygen atoms in total. The molecule has 3 aliphatic rings. The monoisotopic (exact) mass is 547 g/mol. The molecule has 2 aromatic rings. The van der Waals surface area contributed by atoms with Crippen molar-refractivity contribution >= 4 is 46.2 Å². The second-order valence-electron chi connectivity index (χ2n) is 9.87. The fourth-order valence-electron chi connectivity index (χ4n) is 5.13. The van der Waals surface area contributed by atoms with E-state index in [2.05, 4.69) is 10.6 Å². The standard InChI is InChI=1S/C29H33N5O4S/c1-38-24-14-8-5-9-19(24)17-30-25(35)16-15-23-28(37)34-27(32-23)21-12-6-7-13-22(21)33-29(34)39-18-26(36)31-20-10-3-2-4-11-20/h5-9,12-14,20,23H,2-4,10-11,15-18H2,1H3,(H,30,35)(H,31,36)/t23-/m1/s1. The van der Waals surface area contributed by atoms with Gasteiger partial charge in [-0.3, -0.25) is 19.4 Å². The van der Waals surface area contributed by atoms with Crippen LogP contribution >= 0.6 is 11.8 Å². The summed E-state index contributed by atoms with van der Waals surface area (Å²) in [7, 11) is 1.59. The smallest absolute Gasteiger partial charge is 0.259 e. The number of benzene rings is 2. The highest BCUT2D eigenvalue weighted by Crippen LogP contribution is 2.34. The number of thioether (sulfide) groups is 1. The summed E-state index contributed by atoms with van der Waals surface area (Å²) in [5.74, 6) is 0.965. The van der Waals surface area contributed by atoms with E-state index in [0.29, 0.717) is 29.0 Å². The van der Waals surface area contributed by atoms with Gasteiger partial charge in [0.1, 0.15) is 17.6 Å². The van der Waals surface area contributed by atoms with E-state index in [1.54, 1.807) is 7.11 Å². The van der Waals surface area contributed by atoms with Crippen LogP contribution in [0.1, 0.15) is 56.1 Å². The van der Waals surface area contributed by atoms with Crippen molar-refractivity contribution in [2.45, 2.75) is 63.6 Å². The van der Waals surface area contributed by atoms with Crippen LogP contribution in [0.4, 0.5) is 5.69 Å². The van der Waals surface area contributed by atoms with E-state index in [-0.39, 0.29) is 42.4 Å². The Kier molecular flexibility index (Phi) is 8.61. The van der Waals surface area contributed by atoms with E-state index >= 15 is 0 Å². The number of amides is 3. The van der Waals surface area contributed by atoms with E-state index in [1.165, 1.54) is 23.1 Å². The average molecular weight is 548 g/mol. The van der Waals surface area contributed by atoms with Crippen molar-refractivity contribution in [3.05, 3.63) is 59.7 Å². The molecule has 1 saturated carbocycles. The lowest BCUT2D eigenvalue weighted by atomic mass is 9.95. The first kappa shape index (κ1) is 26.9. The van der Waals surface area contributed by atoms with Gasteiger partial charge in [0.25, 0.3) is 5.91 Å². The van der Waals surface area contributed by atoms with Crippen LogP contribution < -0.4 is 15.4 Å². The molecular weight excluding hydrogens is 514 g/mol. The van der Waals surface area contributed by atoms with Gasteiger partial charge < -0.3 is 15.4 Å².